The molecule has 1 saturated heterocycles. The van der Waals surface area contributed by atoms with E-state index < -0.39 is 0 Å². The summed E-state index contributed by atoms with van der Waals surface area (Å²) in [6.45, 7) is 4.22. The van der Waals surface area contributed by atoms with Crippen molar-refractivity contribution in [2.24, 2.45) is 4.99 Å². The summed E-state index contributed by atoms with van der Waals surface area (Å²) in [7, 11) is 0. The SMILES string of the molecule is Oc1[nH]c2ccc(F)cc2c1C=Nc1ccc(OCCCN2CCCCC2)cc1. The minimum atomic E-state index is -0.354. The highest BCUT2D eigenvalue weighted by Crippen LogP contribution is 2.27. The smallest absolute Gasteiger partial charge is 0.198 e. The van der Waals surface area contributed by atoms with Gasteiger partial charge in [-0.3, -0.25) is 4.99 Å². The first-order chi connectivity index (χ1) is 14.2. The molecular weight excluding hydrogens is 369 g/mol. The molecule has 2 N–H and O–H groups in total. The van der Waals surface area contributed by atoms with E-state index in [0.29, 0.717) is 23.1 Å². The van der Waals surface area contributed by atoms with Gasteiger partial charge >= 0.3 is 0 Å². The van der Waals surface area contributed by atoms with Crippen LogP contribution in [0, 0.1) is 5.82 Å². The average molecular weight is 395 g/mol. The Morgan fingerprint density at radius 1 is 1.10 bits per heavy atom. The summed E-state index contributed by atoms with van der Waals surface area (Å²) >= 11 is 0. The van der Waals surface area contributed by atoms with E-state index in [1.54, 1.807) is 12.3 Å². The van der Waals surface area contributed by atoms with Crippen molar-refractivity contribution in [2.75, 3.05) is 26.2 Å². The highest BCUT2D eigenvalue weighted by atomic mass is 19.1. The number of aromatic hydroxyl groups is 1. The first kappa shape index (κ1) is 19.5. The van der Waals surface area contributed by atoms with Crippen molar-refractivity contribution in [3.8, 4) is 11.6 Å². The molecule has 2 heterocycles. The lowest BCUT2D eigenvalue weighted by Crippen LogP contribution is -2.31. The van der Waals surface area contributed by atoms with Gasteiger partial charge in [-0.25, -0.2) is 4.39 Å². The van der Waals surface area contributed by atoms with Crippen LogP contribution in [0.1, 0.15) is 31.2 Å². The van der Waals surface area contributed by atoms with E-state index in [1.165, 1.54) is 44.5 Å². The van der Waals surface area contributed by atoms with Gasteiger partial charge in [-0.15, -0.1) is 0 Å². The highest BCUT2D eigenvalue weighted by molar-refractivity contribution is 6.02. The van der Waals surface area contributed by atoms with Crippen LogP contribution in [0.3, 0.4) is 0 Å². The Labute approximate surface area is 169 Å². The zero-order valence-electron chi connectivity index (χ0n) is 16.4. The van der Waals surface area contributed by atoms with Crippen LogP contribution < -0.4 is 4.74 Å². The second-order valence-electron chi connectivity index (χ2n) is 7.43. The van der Waals surface area contributed by atoms with Gasteiger partial charge in [0.25, 0.3) is 0 Å². The molecule has 3 aromatic rings. The number of ether oxygens (including phenoxy) is 1. The van der Waals surface area contributed by atoms with E-state index in [2.05, 4.69) is 14.9 Å². The van der Waals surface area contributed by atoms with Crippen LogP contribution in [-0.4, -0.2) is 47.4 Å². The molecule has 1 aliphatic rings. The molecule has 1 fully saturated rings. The normalized spacial score (nSPS) is 15.3. The summed E-state index contributed by atoms with van der Waals surface area (Å²) in [5, 5.41) is 10.7. The number of hydrogen-bond acceptors (Lipinski definition) is 4. The predicted octanol–water partition coefficient (Wildman–Crippen LogP) is 5.02. The first-order valence-corrected chi connectivity index (χ1v) is 10.2. The number of likely N-dealkylation sites (tertiary alicyclic amines) is 1. The summed E-state index contributed by atoms with van der Waals surface area (Å²) < 4.78 is 19.3. The van der Waals surface area contributed by atoms with Crippen molar-refractivity contribution in [1.29, 1.82) is 0 Å². The molecule has 4 rings (SSSR count). The summed E-state index contributed by atoms with van der Waals surface area (Å²) in [5.74, 6) is 0.440. The van der Waals surface area contributed by atoms with Crippen LogP contribution in [0.2, 0.25) is 0 Å². The maximum Gasteiger partial charge on any atom is 0.198 e. The van der Waals surface area contributed by atoms with Gasteiger partial charge in [0, 0.05) is 23.7 Å². The third-order valence-electron chi connectivity index (χ3n) is 5.30. The number of rotatable bonds is 7. The van der Waals surface area contributed by atoms with E-state index in [4.69, 9.17) is 4.74 Å². The molecule has 0 aliphatic carbocycles. The zero-order valence-corrected chi connectivity index (χ0v) is 16.4. The molecule has 0 amide bonds. The fourth-order valence-corrected chi connectivity index (χ4v) is 3.73. The number of aliphatic imine (C=N–C) groups is 1. The lowest BCUT2D eigenvalue weighted by Gasteiger charge is -2.26. The monoisotopic (exact) mass is 395 g/mol. The summed E-state index contributed by atoms with van der Waals surface area (Å²) in [5.41, 5.74) is 1.87. The number of nitrogens with zero attached hydrogens (tertiary/aromatic N) is 2. The summed E-state index contributed by atoms with van der Waals surface area (Å²) in [4.78, 5) is 9.74. The molecule has 0 radical (unpaired) electrons. The minimum Gasteiger partial charge on any atom is -0.494 e. The number of aromatic nitrogens is 1. The summed E-state index contributed by atoms with van der Waals surface area (Å²) in [6, 6.07) is 11.8. The minimum absolute atomic E-state index is 0.0250. The molecule has 0 unspecified atom stereocenters. The largest absolute Gasteiger partial charge is 0.494 e. The molecule has 1 aromatic heterocycles. The lowest BCUT2D eigenvalue weighted by atomic mass is 10.1. The molecule has 2 aromatic carbocycles. The van der Waals surface area contributed by atoms with Gasteiger partial charge in [-0.1, -0.05) is 6.42 Å². The van der Waals surface area contributed by atoms with Crippen molar-refractivity contribution >= 4 is 22.8 Å². The van der Waals surface area contributed by atoms with Gasteiger partial charge in [-0.05, 0) is 74.8 Å². The van der Waals surface area contributed by atoms with Crippen molar-refractivity contribution in [3.63, 3.8) is 0 Å². The third-order valence-corrected chi connectivity index (χ3v) is 5.30. The van der Waals surface area contributed by atoms with Crippen molar-refractivity contribution in [1.82, 2.24) is 9.88 Å². The lowest BCUT2D eigenvalue weighted by molar-refractivity contribution is 0.205. The second-order valence-corrected chi connectivity index (χ2v) is 7.43. The van der Waals surface area contributed by atoms with Crippen molar-refractivity contribution in [2.45, 2.75) is 25.7 Å². The van der Waals surface area contributed by atoms with Crippen molar-refractivity contribution < 1.29 is 14.2 Å². The van der Waals surface area contributed by atoms with Gasteiger partial charge in [0.15, 0.2) is 5.88 Å². The van der Waals surface area contributed by atoms with Crippen LogP contribution in [0.5, 0.6) is 11.6 Å². The molecule has 0 atom stereocenters. The molecule has 6 heteroatoms. The highest BCUT2D eigenvalue weighted by Gasteiger charge is 2.10. The van der Waals surface area contributed by atoms with Crippen molar-refractivity contribution in [3.05, 3.63) is 53.8 Å². The number of aromatic amines is 1. The van der Waals surface area contributed by atoms with Crippen LogP contribution >= 0.6 is 0 Å². The van der Waals surface area contributed by atoms with Gasteiger partial charge in [0.2, 0.25) is 0 Å². The Hall–Kier alpha value is -2.86. The predicted molar refractivity (Wildman–Crippen MR) is 114 cm³/mol. The Kier molecular flexibility index (Phi) is 6.10. The van der Waals surface area contributed by atoms with E-state index in [0.717, 1.165) is 24.4 Å². The number of piperidine rings is 1. The first-order valence-electron chi connectivity index (χ1n) is 10.2. The van der Waals surface area contributed by atoms with E-state index >= 15 is 0 Å². The molecular formula is C23H26FN3O2. The number of benzene rings is 2. The Morgan fingerprint density at radius 3 is 2.69 bits per heavy atom. The zero-order chi connectivity index (χ0) is 20.1. The average Bonchev–Trinajstić information content (AvgIpc) is 3.05. The molecule has 1 aliphatic heterocycles. The van der Waals surface area contributed by atoms with E-state index in [-0.39, 0.29) is 11.7 Å². The van der Waals surface area contributed by atoms with E-state index in [9.17, 15) is 9.50 Å². The number of nitrogens with one attached hydrogen (secondary N) is 1. The molecule has 0 spiro atoms. The molecule has 0 bridgehead atoms. The molecule has 5 nitrogen and oxygen atoms in total. The van der Waals surface area contributed by atoms with Crippen LogP contribution in [0.15, 0.2) is 47.5 Å². The third kappa shape index (κ3) is 4.95. The molecule has 29 heavy (non-hydrogen) atoms. The van der Waals surface area contributed by atoms with Crippen LogP contribution in [-0.2, 0) is 0 Å². The Morgan fingerprint density at radius 2 is 1.90 bits per heavy atom. The maximum absolute atomic E-state index is 13.5. The van der Waals surface area contributed by atoms with E-state index in [1.807, 2.05) is 24.3 Å². The number of halogens is 1. The maximum atomic E-state index is 13.5. The standard InChI is InChI=1S/C23H26FN3O2/c24-17-5-10-22-20(15-17)21(23(28)26-22)16-25-18-6-8-19(9-7-18)29-14-4-13-27-11-2-1-3-12-27/h5-10,15-16,26,28H,1-4,11-14H2. The van der Waals surface area contributed by atoms with Crippen LogP contribution in [0.25, 0.3) is 10.9 Å². The van der Waals surface area contributed by atoms with Gasteiger partial charge in [0.05, 0.1) is 17.9 Å². The van der Waals surface area contributed by atoms with Gasteiger partial charge in [0.1, 0.15) is 11.6 Å². The quantitative estimate of drug-likeness (QED) is 0.436. The molecule has 0 saturated carbocycles. The molecule has 152 valence electrons. The fourth-order valence-electron chi connectivity index (χ4n) is 3.73. The summed E-state index contributed by atoms with van der Waals surface area (Å²) in [6.07, 6.45) is 6.55. The number of H-pyrrole nitrogens is 1. The van der Waals surface area contributed by atoms with Gasteiger partial charge < -0.3 is 19.7 Å². The Balaban J connectivity index is 1.32. The van der Waals surface area contributed by atoms with Crippen LogP contribution in [0.4, 0.5) is 10.1 Å². The number of fused-ring (bicyclic) bond motifs is 1. The van der Waals surface area contributed by atoms with Gasteiger partial charge in [-0.2, -0.15) is 0 Å². The Bertz CT molecular complexity index is 976. The second kappa shape index (κ2) is 9.09. The fraction of sp³-hybridized carbons (Fsp3) is 0.348. The number of hydrogen-bond donors (Lipinski definition) is 2. The topological polar surface area (TPSA) is 60.9 Å².